The quantitative estimate of drug-likeness (QED) is 0.288. The van der Waals surface area contributed by atoms with Crippen molar-refractivity contribution in [2.45, 2.75) is 51.6 Å². The Bertz CT molecular complexity index is 1440. The Balaban J connectivity index is 2.12. The van der Waals surface area contributed by atoms with Crippen molar-refractivity contribution < 1.29 is 27.5 Å². The summed E-state index contributed by atoms with van der Waals surface area (Å²) in [6.07, 6.45) is 0.343. The number of carbonyl (C=O) groups is 2. The molecule has 0 spiro atoms. The molecule has 0 fully saturated rings. The van der Waals surface area contributed by atoms with Crippen molar-refractivity contribution in [3.05, 3.63) is 83.9 Å². The molecular weight excluding hydrogens is 554 g/mol. The topological polar surface area (TPSA) is 105 Å². The number of nitrogens with zero attached hydrogens (tertiary/aromatic N) is 2. The van der Waals surface area contributed by atoms with Crippen LogP contribution in [0.1, 0.15) is 38.3 Å². The largest absolute Gasteiger partial charge is 0.497 e. The second kappa shape index (κ2) is 14.7. The van der Waals surface area contributed by atoms with E-state index >= 15 is 0 Å². The third kappa shape index (κ3) is 8.03. The van der Waals surface area contributed by atoms with Crippen LogP contribution in [-0.2, 0) is 26.2 Å². The lowest BCUT2D eigenvalue weighted by Gasteiger charge is -2.33. The van der Waals surface area contributed by atoms with Crippen LogP contribution in [0.2, 0.25) is 0 Å². The normalized spacial score (nSPS) is 12.0. The summed E-state index contributed by atoms with van der Waals surface area (Å²) in [4.78, 5) is 29.0. The molecule has 1 unspecified atom stereocenters. The Morgan fingerprint density at radius 2 is 1.60 bits per heavy atom. The average Bonchev–Trinajstić information content (AvgIpc) is 2.98. The van der Waals surface area contributed by atoms with Gasteiger partial charge < -0.3 is 19.7 Å². The number of nitrogens with one attached hydrogen (secondary N) is 1. The number of anilines is 1. The summed E-state index contributed by atoms with van der Waals surface area (Å²) >= 11 is 0. The molecule has 42 heavy (non-hydrogen) atoms. The van der Waals surface area contributed by atoms with E-state index in [0.29, 0.717) is 18.7 Å². The van der Waals surface area contributed by atoms with Crippen LogP contribution >= 0.6 is 0 Å². The van der Waals surface area contributed by atoms with E-state index in [0.717, 1.165) is 15.4 Å². The molecule has 0 aliphatic heterocycles. The first-order valence-electron chi connectivity index (χ1n) is 13.9. The molecule has 3 aromatic rings. The van der Waals surface area contributed by atoms with Gasteiger partial charge in [0, 0.05) is 19.2 Å². The maximum absolute atomic E-state index is 14.2. The average molecular weight is 596 g/mol. The molecule has 0 aliphatic rings. The van der Waals surface area contributed by atoms with E-state index in [1.807, 2.05) is 58.0 Å². The molecule has 226 valence electrons. The van der Waals surface area contributed by atoms with Crippen molar-refractivity contribution in [2.24, 2.45) is 5.92 Å². The van der Waals surface area contributed by atoms with Gasteiger partial charge in [-0.15, -0.1) is 0 Å². The van der Waals surface area contributed by atoms with Crippen LogP contribution in [0.4, 0.5) is 5.69 Å². The van der Waals surface area contributed by atoms with Gasteiger partial charge in [-0.05, 0) is 49.1 Å². The van der Waals surface area contributed by atoms with Crippen LogP contribution in [-0.4, -0.2) is 58.5 Å². The van der Waals surface area contributed by atoms with Gasteiger partial charge in [-0.25, -0.2) is 8.42 Å². The standard InChI is InChI=1S/C32H41N3O6S/c1-7-28(32(37)33-20-23(2)3)34(21-25-11-9-8-10-12-25)31(36)22-35(29-19-26(40-5)15-18-30(29)41-6)42(38,39)27-16-13-24(4)14-17-27/h8-19,23,28H,7,20-22H2,1-6H3,(H,33,37). The zero-order valence-corrected chi connectivity index (χ0v) is 26.0. The number of aryl methyl sites for hydroxylation is 1. The first-order valence-corrected chi connectivity index (χ1v) is 15.4. The summed E-state index contributed by atoms with van der Waals surface area (Å²) in [6, 6.07) is 19.7. The minimum Gasteiger partial charge on any atom is -0.497 e. The van der Waals surface area contributed by atoms with Gasteiger partial charge in [0.1, 0.15) is 24.1 Å². The number of sulfonamides is 1. The summed E-state index contributed by atoms with van der Waals surface area (Å²) in [5.41, 5.74) is 1.85. The summed E-state index contributed by atoms with van der Waals surface area (Å²) < 4.78 is 40.2. The van der Waals surface area contributed by atoms with Gasteiger partial charge in [-0.3, -0.25) is 13.9 Å². The maximum atomic E-state index is 14.2. The molecule has 1 atom stereocenters. The molecule has 0 radical (unpaired) electrons. The first-order chi connectivity index (χ1) is 20.0. The lowest BCUT2D eigenvalue weighted by molar-refractivity contribution is -0.140. The fourth-order valence-electron chi connectivity index (χ4n) is 4.46. The predicted octanol–water partition coefficient (Wildman–Crippen LogP) is 4.79. The second-order valence-corrected chi connectivity index (χ2v) is 12.3. The van der Waals surface area contributed by atoms with Gasteiger partial charge in [0.15, 0.2) is 0 Å². The summed E-state index contributed by atoms with van der Waals surface area (Å²) in [7, 11) is -1.36. The number of hydrogen-bond donors (Lipinski definition) is 1. The van der Waals surface area contributed by atoms with Gasteiger partial charge in [-0.1, -0.05) is 68.8 Å². The Kier molecular flexibility index (Phi) is 11.4. The van der Waals surface area contributed by atoms with Crippen LogP contribution in [0.15, 0.2) is 77.7 Å². The molecule has 10 heteroatoms. The monoisotopic (exact) mass is 595 g/mol. The highest BCUT2D eigenvalue weighted by atomic mass is 32.2. The highest BCUT2D eigenvalue weighted by molar-refractivity contribution is 7.92. The second-order valence-electron chi connectivity index (χ2n) is 10.4. The Morgan fingerprint density at radius 3 is 2.17 bits per heavy atom. The van der Waals surface area contributed by atoms with Crippen LogP contribution in [0, 0.1) is 12.8 Å². The molecule has 2 amide bonds. The molecule has 3 aromatic carbocycles. The molecule has 0 saturated heterocycles. The molecule has 0 saturated carbocycles. The SMILES string of the molecule is CCC(C(=O)NCC(C)C)N(Cc1ccccc1)C(=O)CN(c1cc(OC)ccc1OC)S(=O)(=O)c1ccc(C)cc1. The Morgan fingerprint density at radius 1 is 0.929 bits per heavy atom. The van der Waals surface area contributed by atoms with Crippen molar-refractivity contribution in [1.82, 2.24) is 10.2 Å². The summed E-state index contributed by atoms with van der Waals surface area (Å²) in [5, 5.41) is 2.93. The van der Waals surface area contributed by atoms with E-state index in [-0.39, 0.29) is 34.7 Å². The van der Waals surface area contributed by atoms with Gasteiger partial charge in [0.05, 0.1) is 24.8 Å². The zero-order chi connectivity index (χ0) is 30.9. The molecule has 0 aliphatic carbocycles. The van der Waals surface area contributed by atoms with Crippen molar-refractivity contribution in [2.75, 3.05) is 31.6 Å². The van der Waals surface area contributed by atoms with Crippen molar-refractivity contribution in [1.29, 1.82) is 0 Å². The number of amides is 2. The van der Waals surface area contributed by atoms with Crippen molar-refractivity contribution in [3.8, 4) is 11.5 Å². The molecular formula is C32H41N3O6S. The van der Waals surface area contributed by atoms with E-state index in [4.69, 9.17) is 9.47 Å². The van der Waals surface area contributed by atoms with Crippen LogP contribution < -0.4 is 19.1 Å². The third-order valence-electron chi connectivity index (χ3n) is 6.81. The van der Waals surface area contributed by atoms with Crippen molar-refractivity contribution >= 4 is 27.5 Å². The van der Waals surface area contributed by atoms with E-state index in [1.54, 1.807) is 24.3 Å². The molecule has 9 nitrogen and oxygen atoms in total. The molecule has 3 rings (SSSR count). The Labute approximate surface area is 249 Å². The predicted molar refractivity (Wildman–Crippen MR) is 164 cm³/mol. The number of hydrogen-bond acceptors (Lipinski definition) is 6. The van der Waals surface area contributed by atoms with Gasteiger partial charge in [0.2, 0.25) is 11.8 Å². The van der Waals surface area contributed by atoms with E-state index in [9.17, 15) is 18.0 Å². The van der Waals surface area contributed by atoms with E-state index in [2.05, 4.69) is 5.32 Å². The third-order valence-corrected chi connectivity index (χ3v) is 8.58. The van der Waals surface area contributed by atoms with Gasteiger partial charge in [0.25, 0.3) is 10.0 Å². The van der Waals surface area contributed by atoms with Gasteiger partial charge in [-0.2, -0.15) is 0 Å². The minimum absolute atomic E-state index is 0.0158. The van der Waals surface area contributed by atoms with Crippen LogP contribution in [0.3, 0.4) is 0 Å². The molecule has 1 N–H and O–H groups in total. The lowest BCUT2D eigenvalue weighted by atomic mass is 10.1. The van der Waals surface area contributed by atoms with Crippen LogP contribution in [0.25, 0.3) is 0 Å². The molecule has 0 aromatic heterocycles. The summed E-state index contributed by atoms with van der Waals surface area (Å²) in [6.45, 7) is 7.68. The highest BCUT2D eigenvalue weighted by Gasteiger charge is 2.35. The first kappa shape index (κ1) is 32.5. The summed E-state index contributed by atoms with van der Waals surface area (Å²) in [5.74, 6) is 0.0346. The fourth-order valence-corrected chi connectivity index (χ4v) is 5.88. The Hall–Kier alpha value is -4.05. The lowest BCUT2D eigenvalue weighted by Crippen LogP contribution is -2.52. The number of ether oxygens (including phenoxy) is 2. The van der Waals surface area contributed by atoms with E-state index in [1.165, 1.54) is 37.3 Å². The van der Waals surface area contributed by atoms with E-state index < -0.39 is 28.5 Å². The highest BCUT2D eigenvalue weighted by Crippen LogP contribution is 2.36. The number of benzene rings is 3. The number of carbonyl (C=O) groups excluding carboxylic acids is 2. The minimum atomic E-state index is -4.25. The van der Waals surface area contributed by atoms with Gasteiger partial charge >= 0.3 is 0 Å². The number of methoxy groups -OCH3 is 2. The molecule has 0 bridgehead atoms. The molecule has 0 heterocycles. The fraction of sp³-hybridized carbons (Fsp3) is 0.375. The van der Waals surface area contributed by atoms with Crippen LogP contribution in [0.5, 0.6) is 11.5 Å². The zero-order valence-electron chi connectivity index (χ0n) is 25.2. The number of rotatable bonds is 14. The smallest absolute Gasteiger partial charge is 0.264 e. The maximum Gasteiger partial charge on any atom is 0.264 e. The van der Waals surface area contributed by atoms with Crippen molar-refractivity contribution in [3.63, 3.8) is 0 Å².